The molecule has 2 heterocycles. The smallest absolute Gasteiger partial charge is 0.318 e. The Labute approximate surface area is 134 Å². The fourth-order valence-electron chi connectivity index (χ4n) is 2.66. The van der Waals surface area contributed by atoms with Gasteiger partial charge < -0.3 is 14.6 Å². The number of nitrogens with zero attached hydrogens (tertiary/aromatic N) is 2. The van der Waals surface area contributed by atoms with Crippen molar-refractivity contribution in [2.24, 2.45) is 0 Å². The highest BCUT2D eigenvalue weighted by atomic mass is 32.1. The molecule has 22 heavy (non-hydrogen) atoms. The quantitative estimate of drug-likeness (QED) is 0.912. The second-order valence-corrected chi connectivity index (χ2v) is 7.02. The first-order valence-electron chi connectivity index (χ1n) is 7.58. The minimum Gasteiger partial charge on any atom is -0.467 e. The number of nitrogens with one attached hydrogen (secondary N) is 1. The normalized spacial score (nSPS) is 15.6. The van der Waals surface area contributed by atoms with Crippen molar-refractivity contribution < 1.29 is 9.21 Å². The molecule has 2 aromatic heterocycles. The first kappa shape index (κ1) is 15.1. The zero-order chi connectivity index (χ0) is 15.7. The molecule has 1 aliphatic rings. The summed E-state index contributed by atoms with van der Waals surface area (Å²) in [6, 6.07) is 4.02. The fraction of sp³-hybridized carbons (Fsp3) is 0.500. The summed E-state index contributed by atoms with van der Waals surface area (Å²) in [6.07, 6.45) is 3.78. The third-order valence-electron chi connectivity index (χ3n) is 3.95. The summed E-state index contributed by atoms with van der Waals surface area (Å²) in [5, 5.41) is 4.07. The van der Waals surface area contributed by atoms with Crippen LogP contribution in [0.25, 0.3) is 0 Å². The lowest BCUT2D eigenvalue weighted by atomic mass is 10.2. The van der Waals surface area contributed by atoms with E-state index in [1.165, 1.54) is 0 Å². The summed E-state index contributed by atoms with van der Waals surface area (Å²) in [7, 11) is 0. The van der Waals surface area contributed by atoms with Gasteiger partial charge in [-0.3, -0.25) is 0 Å². The summed E-state index contributed by atoms with van der Waals surface area (Å²) in [5.41, 5.74) is 1.000. The van der Waals surface area contributed by atoms with E-state index in [1.54, 1.807) is 17.6 Å². The number of carbonyl (C=O) groups is 1. The van der Waals surface area contributed by atoms with Gasteiger partial charge in [0.2, 0.25) is 0 Å². The maximum absolute atomic E-state index is 12.6. The lowest BCUT2D eigenvalue weighted by Crippen LogP contribution is -2.42. The molecule has 1 atom stereocenters. The predicted octanol–water partition coefficient (Wildman–Crippen LogP) is 3.79. The molecule has 1 fully saturated rings. The average Bonchev–Trinajstić information content (AvgIpc) is 3.03. The van der Waals surface area contributed by atoms with E-state index in [-0.39, 0.29) is 12.1 Å². The van der Waals surface area contributed by atoms with Gasteiger partial charge in [0, 0.05) is 10.9 Å². The topological polar surface area (TPSA) is 58.4 Å². The first-order chi connectivity index (χ1) is 10.6. The molecule has 3 rings (SSSR count). The molecular weight excluding hydrogens is 298 g/mol. The van der Waals surface area contributed by atoms with Crippen LogP contribution in [-0.2, 0) is 6.54 Å². The number of carbonyl (C=O) groups excluding carboxylic acids is 1. The van der Waals surface area contributed by atoms with Crippen molar-refractivity contribution in [1.82, 2.24) is 15.2 Å². The minimum atomic E-state index is -0.0493. The summed E-state index contributed by atoms with van der Waals surface area (Å²) in [6.45, 7) is 6.51. The van der Waals surface area contributed by atoms with Crippen LogP contribution < -0.4 is 5.32 Å². The largest absolute Gasteiger partial charge is 0.467 e. The Bertz CT molecular complexity index is 646. The number of rotatable bonds is 5. The molecule has 2 amide bonds. The van der Waals surface area contributed by atoms with E-state index in [4.69, 9.17) is 4.42 Å². The van der Waals surface area contributed by atoms with Gasteiger partial charge in [0.05, 0.1) is 29.6 Å². The van der Waals surface area contributed by atoms with Gasteiger partial charge in [0.15, 0.2) is 0 Å². The van der Waals surface area contributed by atoms with Crippen LogP contribution in [0, 0.1) is 13.8 Å². The standard InChI is InChI=1S/C16H21N3O2S/c1-10-15(22-12(3)18-10)9-17-16(20)19(13-6-7-13)11(2)14-5-4-8-21-14/h4-5,8,11,13H,6-7,9H2,1-3H3,(H,17,20)/t11-/m1/s1. The van der Waals surface area contributed by atoms with Gasteiger partial charge in [0.1, 0.15) is 5.76 Å². The molecule has 1 saturated carbocycles. The number of urea groups is 1. The predicted molar refractivity (Wildman–Crippen MR) is 85.8 cm³/mol. The van der Waals surface area contributed by atoms with Crippen molar-refractivity contribution >= 4 is 17.4 Å². The maximum Gasteiger partial charge on any atom is 0.318 e. The molecule has 0 saturated heterocycles. The van der Waals surface area contributed by atoms with E-state index in [1.807, 2.05) is 37.8 Å². The van der Waals surface area contributed by atoms with Gasteiger partial charge in [-0.15, -0.1) is 11.3 Å². The number of hydrogen-bond acceptors (Lipinski definition) is 4. The molecule has 6 heteroatoms. The number of amides is 2. The van der Waals surface area contributed by atoms with E-state index in [0.717, 1.165) is 34.2 Å². The molecular formula is C16H21N3O2S. The van der Waals surface area contributed by atoms with Crippen molar-refractivity contribution in [2.75, 3.05) is 0 Å². The van der Waals surface area contributed by atoms with Gasteiger partial charge in [0.25, 0.3) is 0 Å². The molecule has 0 spiro atoms. The second kappa shape index (κ2) is 6.12. The SMILES string of the molecule is Cc1nc(C)c(CNC(=O)N(C2CC2)[C@H](C)c2ccco2)s1. The van der Waals surface area contributed by atoms with Gasteiger partial charge in [-0.1, -0.05) is 0 Å². The molecule has 118 valence electrons. The van der Waals surface area contributed by atoms with Crippen molar-refractivity contribution in [1.29, 1.82) is 0 Å². The lowest BCUT2D eigenvalue weighted by Gasteiger charge is -2.28. The molecule has 1 aliphatic carbocycles. The number of aryl methyl sites for hydroxylation is 2. The van der Waals surface area contributed by atoms with Gasteiger partial charge in [-0.25, -0.2) is 9.78 Å². The maximum atomic E-state index is 12.6. The third-order valence-corrected chi connectivity index (χ3v) is 5.02. The van der Waals surface area contributed by atoms with Crippen LogP contribution in [-0.4, -0.2) is 22.0 Å². The molecule has 2 aromatic rings. The van der Waals surface area contributed by atoms with E-state index >= 15 is 0 Å². The molecule has 0 aromatic carbocycles. The number of hydrogen-bond donors (Lipinski definition) is 1. The molecule has 1 N–H and O–H groups in total. The molecule has 5 nitrogen and oxygen atoms in total. The Kier molecular flexibility index (Phi) is 4.20. The van der Waals surface area contributed by atoms with E-state index in [9.17, 15) is 4.79 Å². The Balaban J connectivity index is 1.67. The van der Waals surface area contributed by atoms with Crippen LogP contribution >= 0.6 is 11.3 Å². The van der Waals surface area contributed by atoms with Crippen LogP contribution in [0.5, 0.6) is 0 Å². The van der Waals surface area contributed by atoms with Crippen LogP contribution in [0.15, 0.2) is 22.8 Å². The minimum absolute atomic E-state index is 0.0307. The fourth-order valence-corrected chi connectivity index (χ4v) is 3.54. The Morgan fingerprint density at radius 3 is 2.86 bits per heavy atom. The molecule has 0 unspecified atom stereocenters. The van der Waals surface area contributed by atoms with E-state index in [0.29, 0.717) is 12.6 Å². The first-order valence-corrected chi connectivity index (χ1v) is 8.40. The number of furan rings is 1. The number of thiazole rings is 1. The second-order valence-electron chi connectivity index (χ2n) is 5.73. The van der Waals surface area contributed by atoms with Crippen molar-refractivity contribution in [3.63, 3.8) is 0 Å². The summed E-state index contributed by atoms with van der Waals surface area (Å²) in [5.74, 6) is 0.826. The van der Waals surface area contributed by atoms with E-state index < -0.39 is 0 Å². The molecule has 0 aliphatic heterocycles. The summed E-state index contributed by atoms with van der Waals surface area (Å²) in [4.78, 5) is 20.0. The van der Waals surface area contributed by atoms with Gasteiger partial charge in [-0.2, -0.15) is 0 Å². The monoisotopic (exact) mass is 319 g/mol. The van der Waals surface area contributed by atoms with E-state index in [2.05, 4.69) is 10.3 Å². The van der Waals surface area contributed by atoms with Crippen LogP contribution in [0.2, 0.25) is 0 Å². The highest BCUT2D eigenvalue weighted by Gasteiger charge is 2.37. The zero-order valence-corrected chi connectivity index (χ0v) is 13.9. The lowest BCUT2D eigenvalue weighted by molar-refractivity contribution is 0.166. The van der Waals surface area contributed by atoms with Gasteiger partial charge >= 0.3 is 6.03 Å². The summed E-state index contributed by atoms with van der Waals surface area (Å²) >= 11 is 1.64. The van der Waals surface area contributed by atoms with Crippen LogP contribution in [0.3, 0.4) is 0 Å². The Morgan fingerprint density at radius 1 is 1.55 bits per heavy atom. The zero-order valence-electron chi connectivity index (χ0n) is 13.1. The van der Waals surface area contributed by atoms with Crippen molar-refractivity contribution in [3.8, 4) is 0 Å². The Morgan fingerprint density at radius 2 is 2.32 bits per heavy atom. The average molecular weight is 319 g/mol. The number of aromatic nitrogens is 1. The third kappa shape index (κ3) is 3.16. The highest BCUT2D eigenvalue weighted by molar-refractivity contribution is 7.11. The Hall–Kier alpha value is -1.82. The van der Waals surface area contributed by atoms with Crippen LogP contribution in [0.1, 0.15) is 47.1 Å². The van der Waals surface area contributed by atoms with Crippen molar-refractivity contribution in [2.45, 2.75) is 52.2 Å². The highest BCUT2D eigenvalue weighted by Crippen LogP contribution is 2.34. The molecule has 0 bridgehead atoms. The van der Waals surface area contributed by atoms with Crippen molar-refractivity contribution in [3.05, 3.63) is 39.7 Å². The van der Waals surface area contributed by atoms with Gasteiger partial charge in [-0.05, 0) is 45.7 Å². The van der Waals surface area contributed by atoms with Crippen LogP contribution in [0.4, 0.5) is 4.79 Å². The molecule has 0 radical (unpaired) electrons. The summed E-state index contributed by atoms with van der Waals surface area (Å²) < 4.78 is 5.46.